The smallest absolute Gasteiger partial charge is 0.142 e. The lowest BCUT2D eigenvalue weighted by molar-refractivity contribution is 0.342. The zero-order chi connectivity index (χ0) is 15.9. The maximum atomic E-state index is 6.17. The van der Waals surface area contributed by atoms with Crippen LogP contribution in [-0.4, -0.2) is 12.6 Å². The van der Waals surface area contributed by atoms with Crippen molar-refractivity contribution in [3.63, 3.8) is 0 Å². The Morgan fingerprint density at radius 3 is 2.68 bits per heavy atom. The minimum Gasteiger partial charge on any atom is -0.492 e. The standard InChI is InChI=1S/C18H23ClN2O/c1-3-22-18-9-8-14(11-17(18)20)10-13(2)21-12-15-6-4-5-7-16(15)19/h4-9,11,13,21H,3,10,12,20H2,1-2H3. The van der Waals surface area contributed by atoms with Crippen LogP contribution < -0.4 is 15.8 Å². The second kappa shape index (κ2) is 8.06. The van der Waals surface area contributed by atoms with E-state index in [0.29, 0.717) is 18.3 Å². The molecule has 0 bridgehead atoms. The van der Waals surface area contributed by atoms with Crippen LogP contribution >= 0.6 is 11.6 Å². The summed E-state index contributed by atoms with van der Waals surface area (Å²) < 4.78 is 5.46. The van der Waals surface area contributed by atoms with Crippen LogP contribution in [-0.2, 0) is 13.0 Å². The highest BCUT2D eigenvalue weighted by molar-refractivity contribution is 6.31. The van der Waals surface area contributed by atoms with Crippen molar-refractivity contribution in [1.82, 2.24) is 5.32 Å². The first-order valence-electron chi connectivity index (χ1n) is 7.58. The van der Waals surface area contributed by atoms with Gasteiger partial charge in [0.25, 0.3) is 0 Å². The Kier molecular flexibility index (Phi) is 6.10. The summed E-state index contributed by atoms with van der Waals surface area (Å²) in [5.41, 5.74) is 9.01. The van der Waals surface area contributed by atoms with Crippen LogP contribution in [0.1, 0.15) is 25.0 Å². The lowest BCUT2D eigenvalue weighted by atomic mass is 10.1. The maximum Gasteiger partial charge on any atom is 0.142 e. The Bertz CT molecular complexity index is 616. The van der Waals surface area contributed by atoms with Gasteiger partial charge in [-0.05, 0) is 49.6 Å². The summed E-state index contributed by atoms with van der Waals surface area (Å²) in [6.45, 7) is 5.49. The molecule has 0 aromatic heterocycles. The summed E-state index contributed by atoms with van der Waals surface area (Å²) in [6.07, 6.45) is 0.904. The molecule has 0 heterocycles. The Morgan fingerprint density at radius 2 is 2.00 bits per heavy atom. The molecule has 0 radical (unpaired) electrons. The fraction of sp³-hybridized carbons (Fsp3) is 0.333. The van der Waals surface area contributed by atoms with Gasteiger partial charge in [0, 0.05) is 17.6 Å². The van der Waals surface area contributed by atoms with E-state index in [4.69, 9.17) is 22.1 Å². The van der Waals surface area contributed by atoms with Gasteiger partial charge in [-0.1, -0.05) is 35.9 Å². The van der Waals surface area contributed by atoms with Gasteiger partial charge >= 0.3 is 0 Å². The molecule has 3 nitrogen and oxygen atoms in total. The summed E-state index contributed by atoms with van der Waals surface area (Å²) in [6, 6.07) is 14.2. The van der Waals surface area contributed by atoms with Crippen molar-refractivity contribution >= 4 is 17.3 Å². The summed E-state index contributed by atoms with van der Waals surface area (Å²) in [4.78, 5) is 0. The lowest BCUT2D eigenvalue weighted by Crippen LogP contribution is -2.27. The van der Waals surface area contributed by atoms with Gasteiger partial charge in [0.2, 0.25) is 0 Å². The number of benzene rings is 2. The Morgan fingerprint density at radius 1 is 1.23 bits per heavy atom. The molecule has 2 rings (SSSR count). The third-order valence-electron chi connectivity index (χ3n) is 3.51. The van der Waals surface area contributed by atoms with E-state index < -0.39 is 0 Å². The van der Waals surface area contributed by atoms with Crippen molar-refractivity contribution < 1.29 is 4.74 Å². The number of halogens is 1. The van der Waals surface area contributed by atoms with E-state index >= 15 is 0 Å². The molecule has 0 spiro atoms. The molecule has 1 atom stereocenters. The van der Waals surface area contributed by atoms with Gasteiger partial charge in [-0.3, -0.25) is 0 Å². The molecule has 0 saturated carbocycles. The van der Waals surface area contributed by atoms with Crippen LogP contribution in [0.4, 0.5) is 5.69 Å². The van der Waals surface area contributed by atoms with Crippen LogP contribution in [0.2, 0.25) is 5.02 Å². The largest absolute Gasteiger partial charge is 0.492 e. The lowest BCUT2D eigenvalue weighted by Gasteiger charge is -2.16. The highest BCUT2D eigenvalue weighted by Crippen LogP contribution is 2.23. The molecule has 2 aromatic rings. The second-order valence-corrected chi connectivity index (χ2v) is 5.79. The Labute approximate surface area is 137 Å². The van der Waals surface area contributed by atoms with Gasteiger partial charge in [0.05, 0.1) is 12.3 Å². The summed E-state index contributed by atoms with van der Waals surface area (Å²) in [5, 5.41) is 4.29. The van der Waals surface area contributed by atoms with E-state index in [2.05, 4.69) is 18.3 Å². The monoisotopic (exact) mass is 318 g/mol. The number of nitrogens with two attached hydrogens (primary N) is 1. The van der Waals surface area contributed by atoms with Crippen LogP contribution in [0, 0.1) is 0 Å². The molecule has 118 valence electrons. The van der Waals surface area contributed by atoms with Crippen molar-refractivity contribution in [2.45, 2.75) is 32.9 Å². The molecule has 1 unspecified atom stereocenters. The first-order chi connectivity index (χ1) is 10.6. The highest BCUT2D eigenvalue weighted by Gasteiger charge is 2.07. The van der Waals surface area contributed by atoms with E-state index in [-0.39, 0.29) is 0 Å². The van der Waals surface area contributed by atoms with Gasteiger partial charge in [-0.2, -0.15) is 0 Å². The molecule has 2 aromatic carbocycles. The summed E-state index contributed by atoms with van der Waals surface area (Å²) >= 11 is 6.17. The van der Waals surface area contributed by atoms with E-state index in [1.807, 2.05) is 43.3 Å². The van der Waals surface area contributed by atoms with Crippen molar-refractivity contribution in [3.05, 3.63) is 58.6 Å². The molecular weight excluding hydrogens is 296 g/mol. The molecule has 0 aliphatic heterocycles. The van der Waals surface area contributed by atoms with Crippen LogP contribution in [0.5, 0.6) is 5.75 Å². The van der Waals surface area contributed by atoms with Gasteiger partial charge in [0.15, 0.2) is 0 Å². The first-order valence-corrected chi connectivity index (χ1v) is 7.96. The predicted molar refractivity (Wildman–Crippen MR) is 93.5 cm³/mol. The average molecular weight is 319 g/mol. The van der Waals surface area contributed by atoms with Crippen LogP contribution in [0.15, 0.2) is 42.5 Å². The SMILES string of the molecule is CCOc1ccc(CC(C)NCc2ccccc2Cl)cc1N. The number of nitrogens with one attached hydrogen (secondary N) is 1. The molecule has 0 aliphatic rings. The first kappa shape index (κ1) is 16.7. The highest BCUT2D eigenvalue weighted by atomic mass is 35.5. The van der Waals surface area contributed by atoms with Crippen molar-refractivity contribution in [1.29, 1.82) is 0 Å². The normalized spacial score (nSPS) is 12.1. The van der Waals surface area contributed by atoms with E-state index in [1.54, 1.807) is 0 Å². The van der Waals surface area contributed by atoms with Crippen LogP contribution in [0.3, 0.4) is 0 Å². The van der Waals surface area contributed by atoms with Gasteiger partial charge < -0.3 is 15.8 Å². The number of hydrogen-bond donors (Lipinski definition) is 2. The average Bonchev–Trinajstić information content (AvgIpc) is 2.49. The molecule has 22 heavy (non-hydrogen) atoms. The zero-order valence-corrected chi connectivity index (χ0v) is 13.9. The van der Waals surface area contributed by atoms with Crippen molar-refractivity contribution in [2.24, 2.45) is 0 Å². The molecule has 0 fully saturated rings. The quantitative estimate of drug-likeness (QED) is 0.757. The summed E-state index contributed by atoms with van der Waals surface area (Å²) in [5.74, 6) is 0.753. The number of ether oxygens (including phenoxy) is 1. The van der Waals surface area contributed by atoms with Crippen molar-refractivity contribution in [2.75, 3.05) is 12.3 Å². The van der Waals surface area contributed by atoms with Crippen LogP contribution in [0.25, 0.3) is 0 Å². The van der Waals surface area contributed by atoms with Gasteiger partial charge in [-0.25, -0.2) is 0 Å². The number of nitrogen functional groups attached to an aromatic ring is 1. The van der Waals surface area contributed by atoms with Gasteiger partial charge in [0.1, 0.15) is 5.75 Å². The van der Waals surface area contributed by atoms with E-state index in [1.165, 1.54) is 5.56 Å². The third-order valence-corrected chi connectivity index (χ3v) is 3.88. The predicted octanol–water partition coefficient (Wildman–Crippen LogP) is 4.04. The molecule has 0 amide bonds. The molecule has 4 heteroatoms. The molecular formula is C18H23ClN2O. The topological polar surface area (TPSA) is 47.3 Å². The zero-order valence-electron chi connectivity index (χ0n) is 13.1. The number of hydrogen-bond acceptors (Lipinski definition) is 3. The maximum absolute atomic E-state index is 6.17. The van der Waals surface area contributed by atoms with E-state index in [9.17, 15) is 0 Å². The Balaban J connectivity index is 1.90. The molecule has 0 saturated heterocycles. The number of rotatable bonds is 7. The molecule has 0 aliphatic carbocycles. The minimum absolute atomic E-state index is 0.327. The second-order valence-electron chi connectivity index (χ2n) is 5.38. The minimum atomic E-state index is 0.327. The fourth-order valence-electron chi connectivity index (χ4n) is 2.36. The molecule has 3 N–H and O–H groups in total. The van der Waals surface area contributed by atoms with E-state index in [0.717, 1.165) is 29.3 Å². The summed E-state index contributed by atoms with van der Waals surface area (Å²) in [7, 11) is 0. The number of anilines is 1. The van der Waals surface area contributed by atoms with Crippen molar-refractivity contribution in [3.8, 4) is 5.75 Å². The van der Waals surface area contributed by atoms with Gasteiger partial charge in [-0.15, -0.1) is 0 Å². The fourth-order valence-corrected chi connectivity index (χ4v) is 2.57. The third kappa shape index (κ3) is 4.65. The Hall–Kier alpha value is -1.71.